The lowest BCUT2D eigenvalue weighted by Crippen LogP contribution is -2.17. The van der Waals surface area contributed by atoms with Crippen molar-refractivity contribution >= 4 is 23.5 Å². The Labute approximate surface area is 142 Å². The molecule has 0 atom stereocenters. The summed E-state index contributed by atoms with van der Waals surface area (Å²) in [6, 6.07) is 6.07. The minimum atomic E-state index is -0.442. The quantitative estimate of drug-likeness (QED) is 0.785. The van der Waals surface area contributed by atoms with Crippen LogP contribution in [0.3, 0.4) is 0 Å². The van der Waals surface area contributed by atoms with E-state index in [1.807, 2.05) is 0 Å². The van der Waals surface area contributed by atoms with E-state index in [-0.39, 0.29) is 17.5 Å². The molecule has 0 saturated heterocycles. The summed E-state index contributed by atoms with van der Waals surface area (Å²) in [5.41, 5.74) is 1.67. The second kappa shape index (κ2) is 6.40. The molecule has 2 heterocycles. The van der Waals surface area contributed by atoms with Gasteiger partial charge in [-0.25, -0.2) is 14.1 Å². The Morgan fingerprint density at radius 1 is 1.29 bits per heavy atom. The number of hydrogen-bond acceptors (Lipinski definition) is 4. The summed E-state index contributed by atoms with van der Waals surface area (Å²) in [5.74, 6) is -0.590. The van der Waals surface area contributed by atoms with Gasteiger partial charge in [-0.15, -0.1) is 5.10 Å². The molecule has 1 amide bonds. The second-order valence-corrected chi connectivity index (χ2v) is 5.60. The summed E-state index contributed by atoms with van der Waals surface area (Å²) < 4.78 is 15.8. The van der Waals surface area contributed by atoms with Crippen molar-refractivity contribution in [3.8, 4) is 0 Å². The summed E-state index contributed by atoms with van der Waals surface area (Å²) >= 11 is 6.08. The molecule has 2 aromatic heterocycles. The number of amides is 1. The number of carbonyl (C=O) groups is 1. The molecule has 0 aliphatic carbocycles. The first-order valence-corrected chi connectivity index (χ1v) is 7.46. The minimum absolute atomic E-state index is 0.150. The highest BCUT2D eigenvalue weighted by Gasteiger charge is 2.19. The first-order valence-electron chi connectivity index (χ1n) is 7.08. The van der Waals surface area contributed by atoms with Gasteiger partial charge in [-0.1, -0.05) is 23.7 Å². The highest BCUT2D eigenvalue weighted by molar-refractivity contribution is 6.34. The highest BCUT2D eigenvalue weighted by atomic mass is 35.5. The van der Waals surface area contributed by atoms with E-state index in [1.54, 1.807) is 30.8 Å². The van der Waals surface area contributed by atoms with Crippen LogP contribution >= 0.6 is 11.6 Å². The van der Waals surface area contributed by atoms with Crippen molar-refractivity contribution in [3.05, 3.63) is 58.4 Å². The van der Waals surface area contributed by atoms with Gasteiger partial charge >= 0.3 is 0 Å². The van der Waals surface area contributed by atoms with Crippen LogP contribution in [0.1, 0.15) is 21.7 Å². The average molecular weight is 349 g/mol. The highest BCUT2D eigenvalue weighted by Crippen LogP contribution is 2.20. The fourth-order valence-electron chi connectivity index (χ4n) is 2.24. The lowest BCUT2D eigenvalue weighted by Gasteiger charge is -2.03. The van der Waals surface area contributed by atoms with Crippen LogP contribution < -0.4 is 5.32 Å². The van der Waals surface area contributed by atoms with Gasteiger partial charge in [-0.3, -0.25) is 14.8 Å². The number of nitrogens with zero attached hydrogens (tertiary/aromatic N) is 5. The molecule has 0 aliphatic rings. The van der Waals surface area contributed by atoms with E-state index in [0.717, 1.165) is 5.56 Å². The van der Waals surface area contributed by atoms with Crippen LogP contribution in [0.4, 0.5) is 10.3 Å². The molecule has 7 nitrogen and oxygen atoms in total. The molecule has 0 radical (unpaired) electrons. The molecule has 24 heavy (non-hydrogen) atoms. The lowest BCUT2D eigenvalue weighted by atomic mass is 10.2. The van der Waals surface area contributed by atoms with Crippen LogP contribution in [0.5, 0.6) is 0 Å². The van der Waals surface area contributed by atoms with Crippen LogP contribution in [-0.4, -0.2) is 30.5 Å². The predicted molar refractivity (Wildman–Crippen MR) is 86.4 cm³/mol. The summed E-state index contributed by atoms with van der Waals surface area (Å²) in [4.78, 5) is 16.3. The Bertz CT molecular complexity index is 886. The Kier molecular flexibility index (Phi) is 4.30. The van der Waals surface area contributed by atoms with E-state index in [0.29, 0.717) is 17.3 Å². The second-order valence-electron chi connectivity index (χ2n) is 5.22. The van der Waals surface area contributed by atoms with Gasteiger partial charge in [-0.05, 0) is 24.6 Å². The van der Waals surface area contributed by atoms with Crippen molar-refractivity contribution < 1.29 is 9.18 Å². The zero-order chi connectivity index (χ0) is 17.3. The Morgan fingerprint density at radius 2 is 2.00 bits per heavy atom. The van der Waals surface area contributed by atoms with Crippen molar-refractivity contribution in [2.24, 2.45) is 7.05 Å². The van der Waals surface area contributed by atoms with Crippen LogP contribution in [0.25, 0.3) is 0 Å². The maximum Gasteiger partial charge on any atom is 0.277 e. The van der Waals surface area contributed by atoms with Crippen LogP contribution in [0, 0.1) is 12.7 Å². The van der Waals surface area contributed by atoms with Gasteiger partial charge in [0, 0.05) is 7.05 Å². The van der Waals surface area contributed by atoms with Gasteiger partial charge < -0.3 is 0 Å². The molecule has 1 aromatic carbocycles. The molecule has 3 rings (SSSR count). The number of anilines is 1. The number of aryl methyl sites for hydroxylation is 2. The first-order chi connectivity index (χ1) is 11.4. The van der Waals surface area contributed by atoms with E-state index in [4.69, 9.17) is 11.6 Å². The number of hydrogen-bond donors (Lipinski definition) is 1. The summed E-state index contributed by atoms with van der Waals surface area (Å²) in [7, 11) is 1.63. The van der Waals surface area contributed by atoms with Crippen LogP contribution in [0.2, 0.25) is 5.02 Å². The molecule has 0 spiro atoms. The van der Waals surface area contributed by atoms with Gasteiger partial charge in [0.2, 0.25) is 5.95 Å². The molecule has 124 valence electrons. The van der Waals surface area contributed by atoms with E-state index in [9.17, 15) is 9.18 Å². The van der Waals surface area contributed by atoms with Gasteiger partial charge in [0.15, 0.2) is 0 Å². The van der Waals surface area contributed by atoms with Crippen molar-refractivity contribution in [2.75, 3.05) is 5.32 Å². The van der Waals surface area contributed by atoms with E-state index in [1.165, 1.54) is 23.1 Å². The number of benzene rings is 1. The number of halogens is 2. The molecule has 0 saturated carbocycles. The van der Waals surface area contributed by atoms with E-state index < -0.39 is 5.91 Å². The van der Waals surface area contributed by atoms with Gasteiger partial charge in [0.1, 0.15) is 17.8 Å². The molecule has 0 aliphatic heterocycles. The third kappa shape index (κ3) is 3.28. The standard InChI is InChI=1S/C15H14ClFN6O/c1-9-12(16)13(22(2)20-9)14(24)19-15-18-8-23(21-15)7-10-3-5-11(17)6-4-10/h3-6,8H,7H2,1-2H3,(H,19,21,24). The minimum Gasteiger partial charge on any atom is -0.288 e. The maximum atomic E-state index is 12.9. The van der Waals surface area contributed by atoms with Gasteiger partial charge in [0.25, 0.3) is 5.91 Å². The summed E-state index contributed by atoms with van der Waals surface area (Å²) in [6.07, 6.45) is 1.48. The Morgan fingerprint density at radius 3 is 2.62 bits per heavy atom. The van der Waals surface area contributed by atoms with Gasteiger partial charge in [-0.2, -0.15) is 5.10 Å². The molecule has 0 unspecified atom stereocenters. The van der Waals surface area contributed by atoms with Crippen molar-refractivity contribution in [1.82, 2.24) is 24.5 Å². The largest absolute Gasteiger partial charge is 0.288 e. The molecule has 1 N–H and O–H groups in total. The molecular formula is C15H14ClFN6O. The van der Waals surface area contributed by atoms with Crippen LogP contribution in [0.15, 0.2) is 30.6 Å². The van der Waals surface area contributed by atoms with Crippen molar-refractivity contribution in [2.45, 2.75) is 13.5 Å². The molecule has 3 aromatic rings. The molecule has 0 fully saturated rings. The summed E-state index contributed by atoms with van der Waals surface area (Å²) in [5, 5.41) is 11.1. The molecule has 0 bridgehead atoms. The SMILES string of the molecule is Cc1nn(C)c(C(=O)Nc2ncn(Cc3ccc(F)cc3)n2)c1Cl. The number of carbonyl (C=O) groups excluding carboxylic acids is 1. The van der Waals surface area contributed by atoms with Crippen molar-refractivity contribution in [3.63, 3.8) is 0 Å². The van der Waals surface area contributed by atoms with Crippen molar-refractivity contribution in [1.29, 1.82) is 0 Å². The van der Waals surface area contributed by atoms with E-state index >= 15 is 0 Å². The fourth-order valence-corrected chi connectivity index (χ4v) is 2.49. The number of nitrogens with one attached hydrogen (secondary N) is 1. The first kappa shape index (κ1) is 16.1. The smallest absolute Gasteiger partial charge is 0.277 e. The third-order valence-corrected chi connectivity index (χ3v) is 3.84. The zero-order valence-electron chi connectivity index (χ0n) is 13.0. The Balaban J connectivity index is 1.71. The zero-order valence-corrected chi connectivity index (χ0v) is 13.8. The Hall–Kier alpha value is -2.74. The molecule has 9 heteroatoms. The molecular weight excluding hydrogens is 335 g/mol. The third-order valence-electron chi connectivity index (χ3n) is 3.38. The van der Waals surface area contributed by atoms with E-state index in [2.05, 4.69) is 20.5 Å². The predicted octanol–water partition coefficient (Wildman–Crippen LogP) is 2.41. The topological polar surface area (TPSA) is 77.6 Å². The monoisotopic (exact) mass is 348 g/mol. The van der Waals surface area contributed by atoms with Gasteiger partial charge in [0.05, 0.1) is 17.3 Å². The lowest BCUT2D eigenvalue weighted by molar-refractivity contribution is 0.101. The summed E-state index contributed by atoms with van der Waals surface area (Å²) in [6.45, 7) is 2.13. The maximum absolute atomic E-state index is 12.9. The fraction of sp³-hybridized carbons (Fsp3) is 0.200. The number of aromatic nitrogens is 5. The number of rotatable bonds is 4. The average Bonchev–Trinajstić information content (AvgIpc) is 3.06. The normalized spacial score (nSPS) is 10.8. The van der Waals surface area contributed by atoms with Crippen LogP contribution in [-0.2, 0) is 13.6 Å².